The highest BCUT2D eigenvalue weighted by atomic mass is 16.2. The van der Waals surface area contributed by atoms with Crippen LogP contribution in [0.2, 0.25) is 0 Å². The van der Waals surface area contributed by atoms with Gasteiger partial charge >= 0.3 is 0 Å². The summed E-state index contributed by atoms with van der Waals surface area (Å²) >= 11 is 0. The predicted octanol–water partition coefficient (Wildman–Crippen LogP) is 2.65. The van der Waals surface area contributed by atoms with E-state index in [1.54, 1.807) is 58.2 Å². The smallest absolute Gasteiger partial charge is 0.272 e. The molecule has 10 heteroatoms. The lowest BCUT2D eigenvalue weighted by Crippen LogP contribution is -2.45. The fraction of sp³-hybridized carbons (Fsp3) is 0.208. The minimum atomic E-state index is -0.154. The van der Waals surface area contributed by atoms with Gasteiger partial charge in [-0.25, -0.2) is 19.9 Å². The zero-order chi connectivity index (χ0) is 23.5. The third-order valence-corrected chi connectivity index (χ3v) is 5.69. The molecule has 4 aromatic rings. The van der Waals surface area contributed by atoms with Gasteiger partial charge in [-0.1, -0.05) is 0 Å². The van der Waals surface area contributed by atoms with Crippen LogP contribution in [0, 0.1) is 22.7 Å². The molecule has 1 fully saturated rings. The Morgan fingerprint density at radius 1 is 1.03 bits per heavy atom. The second kappa shape index (κ2) is 8.96. The van der Waals surface area contributed by atoms with Gasteiger partial charge in [0, 0.05) is 37.7 Å². The van der Waals surface area contributed by atoms with Crippen LogP contribution in [0.1, 0.15) is 34.5 Å². The Kier molecular flexibility index (Phi) is 5.55. The summed E-state index contributed by atoms with van der Waals surface area (Å²) in [4.78, 5) is 32.2. The Bertz CT molecular complexity index is 1450. The Balaban J connectivity index is 1.32. The summed E-state index contributed by atoms with van der Waals surface area (Å²) in [7, 11) is 0. The topological polar surface area (TPSA) is 136 Å². The molecule has 1 aliphatic heterocycles. The Hall–Kier alpha value is -4.83. The molecule has 0 bridgehead atoms. The standard InChI is InChI=1S/C24H19N9O/c25-10-16-3-5-19(28-12-16)24(34)32-9-1-2-18(15-32)30-21-7-8-27-23(31-21)20-13-29-22-6-4-17(11-26)14-33(20)22/h3-8,12-14,18H,1-2,9,15H2,(H,27,30,31)/t18-/m1/s1. The van der Waals surface area contributed by atoms with Crippen LogP contribution < -0.4 is 5.32 Å². The Morgan fingerprint density at radius 3 is 2.68 bits per heavy atom. The van der Waals surface area contributed by atoms with Gasteiger partial charge in [0.05, 0.1) is 17.3 Å². The highest BCUT2D eigenvalue weighted by Gasteiger charge is 2.25. The first-order valence-electron chi connectivity index (χ1n) is 10.8. The van der Waals surface area contributed by atoms with Gasteiger partial charge in [-0.2, -0.15) is 10.5 Å². The van der Waals surface area contributed by atoms with Gasteiger partial charge in [0.15, 0.2) is 5.82 Å². The predicted molar refractivity (Wildman–Crippen MR) is 122 cm³/mol. The van der Waals surface area contributed by atoms with E-state index in [2.05, 4.69) is 31.3 Å². The minimum Gasteiger partial charge on any atom is -0.365 e. The van der Waals surface area contributed by atoms with E-state index in [9.17, 15) is 10.1 Å². The van der Waals surface area contributed by atoms with E-state index in [4.69, 9.17) is 5.26 Å². The second-order valence-corrected chi connectivity index (χ2v) is 7.95. The number of hydrogen-bond acceptors (Lipinski definition) is 8. The molecule has 166 valence electrons. The summed E-state index contributed by atoms with van der Waals surface area (Å²) in [5.41, 5.74) is 2.65. The molecule has 34 heavy (non-hydrogen) atoms. The number of nitriles is 2. The number of nitrogens with one attached hydrogen (secondary N) is 1. The maximum Gasteiger partial charge on any atom is 0.272 e. The monoisotopic (exact) mass is 449 g/mol. The first kappa shape index (κ1) is 21.0. The van der Waals surface area contributed by atoms with Gasteiger partial charge < -0.3 is 10.2 Å². The summed E-state index contributed by atoms with van der Waals surface area (Å²) < 4.78 is 1.79. The molecule has 1 N–H and O–H groups in total. The van der Waals surface area contributed by atoms with Crippen molar-refractivity contribution in [3.63, 3.8) is 0 Å². The molecule has 1 atom stereocenters. The summed E-state index contributed by atoms with van der Waals surface area (Å²) in [5.74, 6) is 0.976. The molecule has 1 aliphatic rings. The maximum atomic E-state index is 12.9. The number of likely N-dealkylation sites (tertiary alicyclic amines) is 1. The van der Waals surface area contributed by atoms with Gasteiger partial charge in [0.2, 0.25) is 0 Å². The molecule has 0 aromatic carbocycles. The van der Waals surface area contributed by atoms with Crippen molar-refractivity contribution >= 4 is 17.4 Å². The van der Waals surface area contributed by atoms with Crippen LogP contribution in [-0.4, -0.2) is 54.3 Å². The highest BCUT2D eigenvalue weighted by Crippen LogP contribution is 2.21. The maximum absolute atomic E-state index is 12.9. The molecular weight excluding hydrogens is 430 g/mol. The summed E-state index contributed by atoms with van der Waals surface area (Å²) in [6, 6.07) is 12.6. The number of anilines is 1. The van der Waals surface area contributed by atoms with Crippen LogP contribution in [0.4, 0.5) is 5.82 Å². The van der Waals surface area contributed by atoms with Gasteiger partial charge in [0.25, 0.3) is 5.91 Å². The molecule has 1 amide bonds. The van der Waals surface area contributed by atoms with E-state index < -0.39 is 0 Å². The first-order chi connectivity index (χ1) is 16.6. The summed E-state index contributed by atoms with van der Waals surface area (Å²) in [5, 5.41) is 21.6. The number of rotatable bonds is 4. The molecule has 4 aromatic heterocycles. The van der Waals surface area contributed by atoms with E-state index in [0.717, 1.165) is 12.8 Å². The van der Waals surface area contributed by atoms with Crippen LogP contribution in [0.15, 0.2) is 55.1 Å². The van der Waals surface area contributed by atoms with Crippen molar-refractivity contribution in [1.29, 1.82) is 10.5 Å². The number of hydrogen-bond donors (Lipinski definition) is 1. The third kappa shape index (κ3) is 4.12. The normalized spacial score (nSPS) is 15.5. The van der Waals surface area contributed by atoms with Crippen LogP contribution >= 0.6 is 0 Å². The lowest BCUT2D eigenvalue weighted by molar-refractivity contribution is 0.0708. The zero-order valence-corrected chi connectivity index (χ0v) is 18.1. The van der Waals surface area contributed by atoms with Gasteiger partial charge in [-0.15, -0.1) is 0 Å². The lowest BCUT2D eigenvalue weighted by atomic mass is 10.1. The van der Waals surface area contributed by atoms with Crippen molar-refractivity contribution in [1.82, 2.24) is 29.2 Å². The van der Waals surface area contributed by atoms with Crippen LogP contribution in [-0.2, 0) is 0 Å². The SMILES string of the molecule is N#Cc1ccc(C(=O)N2CCC[C@@H](Nc3ccnc(-c4cnc5ccc(C#N)cn45)n3)C2)nc1. The molecule has 0 saturated carbocycles. The number of imidazole rings is 1. The van der Waals surface area contributed by atoms with Crippen molar-refractivity contribution in [3.8, 4) is 23.7 Å². The largest absolute Gasteiger partial charge is 0.365 e. The van der Waals surface area contributed by atoms with Crippen molar-refractivity contribution in [2.45, 2.75) is 18.9 Å². The lowest BCUT2D eigenvalue weighted by Gasteiger charge is -2.33. The molecule has 0 spiro atoms. The fourth-order valence-electron chi connectivity index (χ4n) is 4.01. The van der Waals surface area contributed by atoms with E-state index in [0.29, 0.717) is 52.9 Å². The number of fused-ring (bicyclic) bond motifs is 1. The highest BCUT2D eigenvalue weighted by molar-refractivity contribution is 5.92. The van der Waals surface area contributed by atoms with E-state index in [-0.39, 0.29) is 11.9 Å². The van der Waals surface area contributed by atoms with E-state index in [1.807, 2.05) is 6.07 Å². The van der Waals surface area contributed by atoms with Gasteiger partial charge in [-0.3, -0.25) is 9.20 Å². The number of carbonyl (C=O) groups excluding carboxylic acids is 1. The number of amides is 1. The third-order valence-electron chi connectivity index (χ3n) is 5.69. The Morgan fingerprint density at radius 2 is 1.88 bits per heavy atom. The van der Waals surface area contributed by atoms with Gasteiger partial charge in [0.1, 0.15) is 35.0 Å². The molecule has 1 saturated heterocycles. The number of aromatic nitrogens is 5. The number of carbonyl (C=O) groups is 1. The second-order valence-electron chi connectivity index (χ2n) is 7.95. The van der Waals surface area contributed by atoms with Gasteiger partial charge in [-0.05, 0) is 43.2 Å². The minimum absolute atomic E-state index is 0.0196. The van der Waals surface area contributed by atoms with Crippen molar-refractivity contribution in [2.75, 3.05) is 18.4 Å². The summed E-state index contributed by atoms with van der Waals surface area (Å²) in [6.45, 7) is 1.16. The zero-order valence-electron chi connectivity index (χ0n) is 18.1. The van der Waals surface area contributed by atoms with E-state index >= 15 is 0 Å². The molecule has 0 radical (unpaired) electrons. The fourth-order valence-corrected chi connectivity index (χ4v) is 4.01. The number of nitrogens with zero attached hydrogens (tertiary/aromatic N) is 8. The molecular formula is C24H19N9O. The van der Waals surface area contributed by atoms with Crippen LogP contribution in [0.25, 0.3) is 17.2 Å². The molecule has 10 nitrogen and oxygen atoms in total. The molecule has 0 aliphatic carbocycles. The average molecular weight is 449 g/mol. The number of pyridine rings is 2. The first-order valence-corrected chi connectivity index (χ1v) is 10.8. The molecule has 5 rings (SSSR count). The average Bonchev–Trinajstić information content (AvgIpc) is 3.32. The quantitative estimate of drug-likeness (QED) is 0.502. The van der Waals surface area contributed by atoms with E-state index in [1.165, 1.54) is 6.20 Å². The molecule has 5 heterocycles. The van der Waals surface area contributed by atoms with Crippen molar-refractivity contribution < 1.29 is 4.79 Å². The van der Waals surface area contributed by atoms with Crippen LogP contribution in [0.3, 0.4) is 0 Å². The molecule has 0 unspecified atom stereocenters. The van der Waals surface area contributed by atoms with Crippen molar-refractivity contribution in [3.05, 3.63) is 71.9 Å². The summed E-state index contributed by atoms with van der Waals surface area (Å²) in [6.07, 6.45) is 8.22. The van der Waals surface area contributed by atoms with Crippen molar-refractivity contribution in [2.24, 2.45) is 0 Å². The number of piperidine rings is 1. The Labute approximate surface area is 195 Å². The van der Waals surface area contributed by atoms with Crippen LogP contribution in [0.5, 0.6) is 0 Å².